The highest BCUT2D eigenvalue weighted by atomic mass is 16.1. The van der Waals surface area contributed by atoms with Crippen LogP contribution < -0.4 is 11.1 Å². The molecule has 0 aliphatic rings. The van der Waals surface area contributed by atoms with E-state index in [2.05, 4.69) is 34.2 Å². The number of rotatable bonds is 6. The molecule has 0 bridgehead atoms. The monoisotopic (exact) mass is 290 g/mol. The first-order valence-corrected chi connectivity index (χ1v) is 7.09. The van der Waals surface area contributed by atoms with E-state index in [0.717, 1.165) is 6.42 Å². The van der Waals surface area contributed by atoms with E-state index < -0.39 is 5.54 Å². The van der Waals surface area contributed by atoms with E-state index in [1.54, 1.807) is 23.0 Å². The van der Waals surface area contributed by atoms with Gasteiger partial charge in [0.05, 0.1) is 6.42 Å². The number of aromatic nitrogens is 4. The van der Waals surface area contributed by atoms with Crippen molar-refractivity contribution < 1.29 is 4.79 Å². The lowest BCUT2D eigenvalue weighted by Gasteiger charge is -2.31. The summed E-state index contributed by atoms with van der Waals surface area (Å²) >= 11 is 0. The highest BCUT2D eigenvalue weighted by molar-refractivity contribution is 5.78. The number of carbonyl (C=O) groups is 1. The second kappa shape index (κ2) is 6.17. The zero-order chi connectivity index (χ0) is 15.5. The van der Waals surface area contributed by atoms with Gasteiger partial charge in [0, 0.05) is 24.5 Å². The molecule has 2 heterocycles. The zero-order valence-electron chi connectivity index (χ0n) is 12.7. The van der Waals surface area contributed by atoms with Crippen LogP contribution in [0.15, 0.2) is 18.5 Å². The maximum atomic E-state index is 12.2. The SMILES string of the molecule is CC(C)CC(C)(CN)NC(=O)Cc1nc2ncccn2n1. The maximum absolute atomic E-state index is 12.2. The van der Waals surface area contributed by atoms with Crippen molar-refractivity contribution in [3.8, 4) is 0 Å². The van der Waals surface area contributed by atoms with E-state index in [1.165, 1.54) is 0 Å². The number of carbonyl (C=O) groups excluding carboxylic acids is 1. The zero-order valence-corrected chi connectivity index (χ0v) is 12.7. The number of nitrogens with one attached hydrogen (secondary N) is 1. The number of nitrogens with zero attached hydrogens (tertiary/aromatic N) is 4. The minimum Gasteiger partial charge on any atom is -0.349 e. The molecule has 3 N–H and O–H groups in total. The first-order chi connectivity index (χ1) is 9.92. The summed E-state index contributed by atoms with van der Waals surface area (Å²) in [6.45, 7) is 6.57. The molecular formula is C14H22N6O. The molecule has 0 aliphatic heterocycles. The first kappa shape index (κ1) is 15.4. The van der Waals surface area contributed by atoms with Crippen molar-refractivity contribution >= 4 is 11.7 Å². The molecule has 0 saturated heterocycles. The van der Waals surface area contributed by atoms with Crippen LogP contribution in [0.1, 0.15) is 33.0 Å². The van der Waals surface area contributed by atoms with Crippen LogP contribution >= 0.6 is 0 Å². The molecule has 0 radical (unpaired) electrons. The fourth-order valence-electron chi connectivity index (χ4n) is 2.46. The number of fused-ring (bicyclic) bond motifs is 1. The van der Waals surface area contributed by atoms with Gasteiger partial charge in [-0.15, -0.1) is 5.10 Å². The highest BCUT2D eigenvalue weighted by Crippen LogP contribution is 2.15. The van der Waals surface area contributed by atoms with E-state index in [9.17, 15) is 4.79 Å². The molecule has 7 nitrogen and oxygen atoms in total. The molecule has 1 amide bonds. The van der Waals surface area contributed by atoms with E-state index in [-0.39, 0.29) is 12.3 Å². The van der Waals surface area contributed by atoms with Gasteiger partial charge in [-0.05, 0) is 25.3 Å². The highest BCUT2D eigenvalue weighted by Gasteiger charge is 2.26. The van der Waals surface area contributed by atoms with Gasteiger partial charge in [-0.3, -0.25) is 4.79 Å². The lowest BCUT2D eigenvalue weighted by atomic mass is 9.90. The summed E-state index contributed by atoms with van der Waals surface area (Å²) in [4.78, 5) is 20.5. The van der Waals surface area contributed by atoms with Crippen LogP contribution in [-0.4, -0.2) is 37.6 Å². The second-order valence-electron chi connectivity index (χ2n) is 5.98. The summed E-state index contributed by atoms with van der Waals surface area (Å²) in [5.41, 5.74) is 5.40. The third-order valence-corrected chi connectivity index (χ3v) is 3.23. The quantitative estimate of drug-likeness (QED) is 0.809. The molecule has 0 spiro atoms. The lowest BCUT2D eigenvalue weighted by molar-refractivity contribution is -0.122. The Morgan fingerprint density at radius 3 is 2.90 bits per heavy atom. The van der Waals surface area contributed by atoms with Crippen molar-refractivity contribution in [1.82, 2.24) is 24.9 Å². The Hall–Kier alpha value is -2.02. The Labute approximate surface area is 124 Å². The van der Waals surface area contributed by atoms with Crippen molar-refractivity contribution in [3.05, 3.63) is 24.3 Å². The van der Waals surface area contributed by atoms with E-state index in [1.807, 2.05) is 6.92 Å². The molecule has 0 aliphatic carbocycles. The Morgan fingerprint density at radius 2 is 2.29 bits per heavy atom. The Balaban J connectivity index is 2.03. The predicted molar refractivity (Wildman–Crippen MR) is 79.5 cm³/mol. The molecule has 2 aromatic rings. The summed E-state index contributed by atoms with van der Waals surface area (Å²) in [5.74, 6) is 1.27. The molecule has 0 fully saturated rings. The van der Waals surface area contributed by atoms with Crippen LogP contribution in [0, 0.1) is 5.92 Å². The summed E-state index contributed by atoms with van der Waals surface area (Å²) in [6.07, 6.45) is 4.34. The van der Waals surface area contributed by atoms with Crippen molar-refractivity contribution in [3.63, 3.8) is 0 Å². The number of amides is 1. The minimum absolute atomic E-state index is 0.122. The third kappa shape index (κ3) is 3.98. The van der Waals surface area contributed by atoms with Crippen molar-refractivity contribution in [2.24, 2.45) is 11.7 Å². The van der Waals surface area contributed by atoms with E-state index >= 15 is 0 Å². The van der Waals surface area contributed by atoms with Crippen LogP contribution in [0.4, 0.5) is 0 Å². The normalized spacial score (nSPS) is 14.3. The van der Waals surface area contributed by atoms with Crippen molar-refractivity contribution in [2.75, 3.05) is 6.54 Å². The molecule has 2 rings (SSSR count). The van der Waals surface area contributed by atoms with Crippen LogP contribution in [0.3, 0.4) is 0 Å². The molecule has 0 aromatic carbocycles. The average molecular weight is 290 g/mol. The minimum atomic E-state index is -0.400. The second-order valence-corrected chi connectivity index (χ2v) is 5.98. The van der Waals surface area contributed by atoms with Crippen molar-refractivity contribution in [1.29, 1.82) is 0 Å². The van der Waals surface area contributed by atoms with Gasteiger partial charge in [-0.25, -0.2) is 9.50 Å². The Kier molecular flexibility index (Phi) is 4.52. The average Bonchev–Trinajstić information content (AvgIpc) is 2.79. The Bertz CT molecular complexity index is 590. The molecular weight excluding hydrogens is 268 g/mol. The number of hydrogen-bond acceptors (Lipinski definition) is 5. The van der Waals surface area contributed by atoms with Gasteiger partial charge in [-0.1, -0.05) is 13.8 Å². The smallest absolute Gasteiger partial charge is 0.252 e. The molecule has 21 heavy (non-hydrogen) atoms. The third-order valence-electron chi connectivity index (χ3n) is 3.23. The summed E-state index contributed by atoms with van der Waals surface area (Å²) in [6, 6.07) is 1.76. The van der Waals surface area contributed by atoms with Gasteiger partial charge in [0.25, 0.3) is 5.78 Å². The first-order valence-electron chi connectivity index (χ1n) is 7.09. The fourth-order valence-corrected chi connectivity index (χ4v) is 2.46. The summed E-state index contributed by atoms with van der Waals surface area (Å²) in [7, 11) is 0. The summed E-state index contributed by atoms with van der Waals surface area (Å²) in [5, 5.41) is 7.21. The van der Waals surface area contributed by atoms with E-state index in [4.69, 9.17) is 5.73 Å². The topological polar surface area (TPSA) is 98.2 Å². The van der Waals surface area contributed by atoms with Crippen LogP contribution in [0.25, 0.3) is 5.78 Å². The molecule has 114 valence electrons. The van der Waals surface area contributed by atoms with Crippen molar-refractivity contribution in [2.45, 2.75) is 39.2 Å². The lowest BCUT2D eigenvalue weighted by Crippen LogP contribution is -2.52. The predicted octanol–water partition coefficient (Wildman–Crippen LogP) is 0.547. The van der Waals surface area contributed by atoms with Crippen LogP contribution in [0.2, 0.25) is 0 Å². The van der Waals surface area contributed by atoms with Gasteiger partial charge < -0.3 is 11.1 Å². The van der Waals surface area contributed by atoms with E-state index in [0.29, 0.717) is 24.1 Å². The van der Waals surface area contributed by atoms with Gasteiger partial charge in [0.2, 0.25) is 5.91 Å². The van der Waals surface area contributed by atoms with Gasteiger partial charge >= 0.3 is 0 Å². The molecule has 7 heteroatoms. The molecule has 1 atom stereocenters. The largest absolute Gasteiger partial charge is 0.349 e. The number of nitrogens with two attached hydrogens (primary N) is 1. The Morgan fingerprint density at radius 1 is 1.52 bits per heavy atom. The molecule has 0 saturated carbocycles. The number of hydrogen-bond donors (Lipinski definition) is 2. The van der Waals surface area contributed by atoms with Crippen LogP contribution in [0.5, 0.6) is 0 Å². The van der Waals surface area contributed by atoms with Gasteiger partial charge in [-0.2, -0.15) is 4.98 Å². The van der Waals surface area contributed by atoms with Gasteiger partial charge in [0.1, 0.15) is 0 Å². The molecule has 1 unspecified atom stereocenters. The van der Waals surface area contributed by atoms with Crippen LogP contribution in [-0.2, 0) is 11.2 Å². The maximum Gasteiger partial charge on any atom is 0.252 e. The summed E-state index contributed by atoms with van der Waals surface area (Å²) < 4.78 is 1.55. The van der Waals surface area contributed by atoms with Gasteiger partial charge in [0.15, 0.2) is 5.82 Å². The molecule has 2 aromatic heterocycles. The standard InChI is InChI=1S/C14H22N6O/c1-10(2)8-14(3,9-15)18-12(21)7-11-17-13-16-5-4-6-20(13)19-11/h4-6,10H,7-9,15H2,1-3H3,(H,18,21). The fraction of sp³-hybridized carbons (Fsp3) is 0.571.